The maximum absolute atomic E-state index is 12.7. The van der Waals surface area contributed by atoms with E-state index in [4.69, 9.17) is 0 Å². The summed E-state index contributed by atoms with van der Waals surface area (Å²) < 4.78 is 0. The molecule has 2 atom stereocenters. The summed E-state index contributed by atoms with van der Waals surface area (Å²) in [5.41, 5.74) is 3.09. The summed E-state index contributed by atoms with van der Waals surface area (Å²) in [7, 11) is 0. The van der Waals surface area contributed by atoms with Crippen LogP contribution < -0.4 is 5.32 Å². The van der Waals surface area contributed by atoms with Crippen molar-refractivity contribution in [2.45, 2.75) is 71.9 Å². The molecule has 25 heavy (non-hydrogen) atoms. The standard InChI is InChI=1S/C21H29N3O/c1-14(2)19-11-6-8-15(3)20(19)23-21(25)18(12-22)13-24-16(4)9-7-10-17(24)5/h6,8,11,13-14,16-17H,7,9-10H2,1-5H3,(H,23,25)/b18-13-. The third-order valence-electron chi connectivity index (χ3n) is 5.07. The Morgan fingerprint density at radius 3 is 2.52 bits per heavy atom. The van der Waals surface area contributed by atoms with Gasteiger partial charge in [-0.25, -0.2) is 0 Å². The van der Waals surface area contributed by atoms with Crippen molar-refractivity contribution in [1.29, 1.82) is 5.26 Å². The molecule has 2 unspecified atom stereocenters. The number of rotatable bonds is 4. The van der Waals surface area contributed by atoms with Gasteiger partial charge >= 0.3 is 0 Å². The molecule has 1 fully saturated rings. The Hall–Kier alpha value is -2.28. The monoisotopic (exact) mass is 339 g/mol. The zero-order chi connectivity index (χ0) is 18.6. The number of carbonyl (C=O) groups excluding carboxylic acids is 1. The van der Waals surface area contributed by atoms with E-state index < -0.39 is 0 Å². The molecule has 1 aromatic carbocycles. The topological polar surface area (TPSA) is 56.1 Å². The van der Waals surface area contributed by atoms with Crippen molar-refractivity contribution in [3.8, 4) is 6.07 Å². The lowest BCUT2D eigenvalue weighted by atomic mass is 9.97. The molecule has 0 saturated carbocycles. The summed E-state index contributed by atoms with van der Waals surface area (Å²) in [5.74, 6) is -0.0319. The molecule has 0 bridgehead atoms. The molecule has 0 aromatic heterocycles. The number of likely N-dealkylation sites (tertiary alicyclic amines) is 1. The fourth-order valence-electron chi connectivity index (χ4n) is 3.51. The fourth-order valence-corrected chi connectivity index (χ4v) is 3.51. The zero-order valence-corrected chi connectivity index (χ0v) is 16.0. The third kappa shape index (κ3) is 4.42. The van der Waals surface area contributed by atoms with E-state index in [1.807, 2.05) is 25.1 Å². The average molecular weight is 339 g/mol. The predicted octanol–water partition coefficient (Wildman–Crippen LogP) is 4.73. The van der Waals surface area contributed by atoms with Crippen molar-refractivity contribution in [2.24, 2.45) is 0 Å². The molecule has 4 heteroatoms. The van der Waals surface area contributed by atoms with E-state index >= 15 is 0 Å². The second-order valence-corrected chi connectivity index (χ2v) is 7.38. The van der Waals surface area contributed by atoms with Crippen LogP contribution in [-0.2, 0) is 4.79 Å². The molecular formula is C21H29N3O. The van der Waals surface area contributed by atoms with E-state index in [-0.39, 0.29) is 11.5 Å². The molecule has 0 aliphatic carbocycles. The van der Waals surface area contributed by atoms with Gasteiger partial charge in [-0.3, -0.25) is 4.79 Å². The molecular weight excluding hydrogens is 310 g/mol. The number of aryl methyl sites for hydroxylation is 1. The van der Waals surface area contributed by atoms with E-state index in [1.54, 1.807) is 6.20 Å². The summed E-state index contributed by atoms with van der Waals surface area (Å²) in [6.45, 7) is 10.5. The number of amides is 1. The molecule has 1 aromatic rings. The first-order valence-electron chi connectivity index (χ1n) is 9.15. The van der Waals surface area contributed by atoms with E-state index in [1.165, 1.54) is 6.42 Å². The van der Waals surface area contributed by atoms with Crippen molar-refractivity contribution in [1.82, 2.24) is 4.90 Å². The first kappa shape index (κ1) is 19.1. The molecule has 2 rings (SSSR count). The molecule has 134 valence electrons. The van der Waals surface area contributed by atoms with Gasteiger partial charge in [0.05, 0.1) is 0 Å². The SMILES string of the molecule is Cc1cccc(C(C)C)c1NC(=O)/C(C#N)=C\N1C(C)CCCC1C. The summed E-state index contributed by atoms with van der Waals surface area (Å²) in [4.78, 5) is 14.9. The van der Waals surface area contributed by atoms with Gasteiger partial charge in [0.15, 0.2) is 0 Å². The van der Waals surface area contributed by atoms with Gasteiger partial charge in [-0.15, -0.1) is 0 Å². The highest BCUT2D eigenvalue weighted by molar-refractivity contribution is 6.07. The largest absolute Gasteiger partial charge is 0.371 e. The van der Waals surface area contributed by atoms with E-state index in [0.717, 1.165) is 29.7 Å². The van der Waals surface area contributed by atoms with Crippen LogP contribution in [0.3, 0.4) is 0 Å². The maximum atomic E-state index is 12.7. The van der Waals surface area contributed by atoms with Crippen LogP contribution in [0.1, 0.15) is 64.0 Å². The second-order valence-electron chi connectivity index (χ2n) is 7.38. The summed E-state index contributed by atoms with van der Waals surface area (Å²) in [5, 5.41) is 12.5. The number of hydrogen-bond donors (Lipinski definition) is 1. The van der Waals surface area contributed by atoms with Crippen LogP contribution in [0.15, 0.2) is 30.0 Å². The fraction of sp³-hybridized carbons (Fsp3) is 0.524. The number of benzene rings is 1. The third-order valence-corrected chi connectivity index (χ3v) is 5.07. The van der Waals surface area contributed by atoms with Crippen molar-refractivity contribution >= 4 is 11.6 Å². The number of anilines is 1. The van der Waals surface area contributed by atoms with Crippen LogP contribution in [0.5, 0.6) is 0 Å². The van der Waals surface area contributed by atoms with Gasteiger partial charge < -0.3 is 10.2 Å². The zero-order valence-electron chi connectivity index (χ0n) is 16.0. The minimum atomic E-state index is -0.330. The highest BCUT2D eigenvalue weighted by Crippen LogP contribution is 2.28. The number of nitrogens with zero attached hydrogens (tertiary/aromatic N) is 2. The number of para-hydroxylation sites is 1. The number of nitrogens with one attached hydrogen (secondary N) is 1. The highest BCUT2D eigenvalue weighted by atomic mass is 16.1. The number of carbonyl (C=O) groups is 1. The van der Waals surface area contributed by atoms with E-state index in [9.17, 15) is 10.1 Å². The quantitative estimate of drug-likeness (QED) is 0.637. The molecule has 4 nitrogen and oxygen atoms in total. The van der Waals surface area contributed by atoms with Gasteiger partial charge in [0, 0.05) is 24.0 Å². The molecule has 1 saturated heterocycles. The van der Waals surface area contributed by atoms with Crippen molar-refractivity contribution in [3.63, 3.8) is 0 Å². The Bertz CT molecular complexity index is 690. The van der Waals surface area contributed by atoms with Crippen LogP contribution in [-0.4, -0.2) is 22.9 Å². The molecule has 1 N–H and O–H groups in total. The summed E-state index contributed by atoms with van der Waals surface area (Å²) >= 11 is 0. The first-order valence-corrected chi connectivity index (χ1v) is 9.15. The lowest BCUT2D eigenvalue weighted by molar-refractivity contribution is -0.112. The summed E-state index contributed by atoms with van der Waals surface area (Å²) in [6, 6.07) is 8.79. The summed E-state index contributed by atoms with van der Waals surface area (Å²) in [6.07, 6.45) is 5.13. The van der Waals surface area contributed by atoms with Crippen LogP contribution in [0.25, 0.3) is 0 Å². The van der Waals surface area contributed by atoms with Gasteiger partial charge in [0.2, 0.25) is 0 Å². The van der Waals surface area contributed by atoms with Gasteiger partial charge in [0.1, 0.15) is 11.6 Å². The molecule has 1 amide bonds. The normalized spacial score (nSPS) is 21.2. The van der Waals surface area contributed by atoms with Crippen LogP contribution in [0.4, 0.5) is 5.69 Å². The van der Waals surface area contributed by atoms with Crippen LogP contribution in [0, 0.1) is 18.3 Å². The van der Waals surface area contributed by atoms with Crippen molar-refractivity contribution < 1.29 is 4.79 Å². The number of hydrogen-bond acceptors (Lipinski definition) is 3. The van der Waals surface area contributed by atoms with E-state index in [2.05, 4.69) is 44.0 Å². The minimum absolute atomic E-state index is 0.165. The Morgan fingerprint density at radius 1 is 1.32 bits per heavy atom. The Morgan fingerprint density at radius 2 is 1.96 bits per heavy atom. The van der Waals surface area contributed by atoms with Gasteiger partial charge in [-0.05, 0) is 57.1 Å². The molecule has 0 radical (unpaired) electrons. The molecule has 1 aliphatic heterocycles. The lowest BCUT2D eigenvalue weighted by Gasteiger charge is -2.38. The Labute approximate surface area is 151 Å². The first-order chi connectivity index (χ1) is 11.8. The van der Waals surface area contributed by atoms with Crippen molar-refractivity contribution in [3.05, 3.63) is 41.1 Å². The Balaban J connectivity index is 2.27. The van der Waals surface area contributed by atoms with Crippen molar-refractivity contribution in [2.75, 3.05) is 5.32 Å². The average Bonchev–Trinajstić information content (AvgIpc) is 2.56. The van der Waals surface area contributed by atoms with E-state index in [0.29, 0.717) is 18.0 Å². The van der Waals surface area contributed by atoms with Crippen LogP contribution >= 0.6 is 0 Å². The smallest absolute Gasteiger partial charge is 0.267 e. The highest BCUT2D eigenvalue weighted by Gasteiger charge is 2.24. The van der Waals surface area contributed by atoms with Gasteiger partial charge in [-0.1, -0.05) is 32.0 Å². The molecule has 0 spiro atoms. The van der Waals surface area contributed by atoms with Crippen LogP contribution in [0.2, 0.25) is 0 Å². The lowest BCUT2D eigenvalue weighted by Crippen LogP contribution is -2.40. The minimum Gasteiger partial charge on any atom is -0.371 e. The van der Waals surface area contributed by atoms with Gasteiger partial charge in [0.25, 0.3) is 5.91 Å². The predicted molar refractivity (Wildman–Crippen MR) is 102 cm³/mol. The second kappa shape index (κ2) is 8.20. The number of nitriles is 1. The molecule has 1 aliphatic rings. The molecule has 1 heterocycles. The van der Waals surface area contributed by atoms with Gasteiger partial charge in [-0.2, -0.15) is 5.26 Å². The Kier molecular flexibility index (Phi) is 6.25. The number of piperidine rings is 1. The maximum Gasteiger partial charge on any atom is 0.267 e.